The average molecular weight is 188 g/mol. The molecule has 13 heavy (non-hydrogen) atoms. The number of rotatable bonds is 1. The minimum absolute atomic E-state index is 0.137. The van der Waals surface area contributed by atoms with Gasteiger partial charge in [-0.25, -0.2) is 0 Å². The second-order valence-corrected chi connectivity index (χ2v) is 6.50. The smallest absolute Gasteiger partial charge is 0.00164 e. The van der Waals surface area contributed by atoms with Crippen molar-refractivity contribution >= 4 is 13.2 Å². The molecule has 1 unspecified atom stereocenters. The van der Waals surface area contributed by atoms with Crippen molar-refractivity contribution in [1.29, 1.82) is 0 Å². The zero-order valence-electron chi connectivity index (χ0n) is 7.56. The van der Waals surface area contributed by atoms with E-state index in [0.717, 1.165) is 11.3 Å². The zero-order valence-corrected chi connectivity index (χ0v) is 8.45. The lowest BCUT2D eigenvalue weighted by Gasteiger charge is -2.16. The molecule has 0 N–H and O–H groups in total. The van der Waals surface area contributed by atoms with Crippen LogP contribution in [0.3, 0.4) is 0 Å². The highest BCUT2D eigenvalue weighted by Crippen LogP contribution is 2.59. The molecule has 0 spiro atoms. The zero-order chi connectivity index (χ0) is 8.67. The fraction of sp³-hybridized carbons (Fsp3) is 0.333. The molecule has 1 fully saturated rings. The molecule has 0 saturated carbocycles. The van der Waals surface area contributed by atoms with Crippen molar-refractivity contribution in [1.82, 2.24) is 0 Å². The third-order valence-electron chi connectivity index (χ3n) is 3.08. The van der Waals surface area contributed by atoms with Crippen molar-refractivity contribution in [2.45, 2.75) is 24.2 Å². The maximum atomic E-state index is 2.45. The summed E-state index contributed by atoms with van der Waals surface area (Å²) in [5.41, 5.74) is 1.81. The Morgan fingerprint density at radius 1 is 0.923 bits per heavy atom. The summed E-state index contributed by atoms with van der Waals surface area (Å²) in [4.78, 5) is 0. The summed E-state index contributed by atoms with van der Waals surface area (Å²) in [7, 11) is 0.137. The van der Waals surface area contributed by atoms with Crippen molar-refractivity contribution in [3.05, 3.63) is 42.5 Å². The van der Waals surface area contributed by atoms with Crippen molar-refractivity contribution < 1.29 is 0 Å². The molecular formula is C12H13P. The van der Waals surface area contributed by atoms with Gasteiger partial charge in [-0.05, 0) is 18.1 Å². The first-order valence-corrected chi connectivity index (χ1v) is 6.45. The first-order valence-electron chi connectivity index (χ1n) is 4.97. The molecule has 0 radical (unpaired) electrons. The van der Waals surface area contributed by atoms with Gasteiger partial charge in [0.25, 0.3) is 0 Å². The van der Waals surface area contributed by atoms with Crippen LogP contribution in [0, 0.1) is 0 Å². The molecule has 3 atom stereocenters. The van der Waals surface area contributed by atoms with E-state index < -0.39 is 0 Å². The lowest BCUT2D eigenvalue weighted by Crippen LogP contribution is -2.06. The summed E-state index contributed by atoms with van der Waals surface area (Å²) in [5, 5.41) is 1.61. The highest BCUT2D eigenvalue weighted by atomic mass is 31.1. The number of allylic oxidation sites excluding steroid dienone is 2. The molecule has 0 aliphatic carbocycles. The maximum absolute atomic E-state index is 2.45. The maximum Gasteiger partial charge on any atom is 0.00164 e. The van der Waals surface area contributed by atoms with Gasteiger partial charge in [0.05, 0.1) is 0 Å². The van der Waals surface area contributed by atoms with Crippen molar-refractivity contribution in [2.75, 3.05) is 0 Å². The van der Waals surface area contributed by atoms with Crippen LogP contribution in [-0.2, 0) is 0 Å². The summed E-state index contributed by atoms with van der Waals surface area (Å²) in [6, 6.07) is 11.1. The molecule has 0 aromatic heterocycles. The lowest BCUT2D eigenvalue weighted by molar-refractivity contribution is 0.804. The van der Waals surface area contributed by atoms with Gasteiger partial charge >= 0.3 is 0 Å². The molecule has 1 heteroatoms. The fourth-order valence-electron chi connectivity index (χ4n) is 2.48. The number of benzene rings is 1. The molecule has 1 aromatic rings. The molecule has 1 aromatic carbocycles. The van der Waals surface area contributed by atoms with E-state index in [-0.39, 0.29) is 7.92 Å². The quantitative estimate of drug-likeness (QED) is 0.469. The summed E-state index contributed by atoms with van der Waals surface area (Å²) >= 11 is 0. The molecule has 3 rings (SSSR count). The van der Waals surface area contributed by atoms with Crippen molar-refractivity contribution in [2.24, 2.45) is 0 Å². The third-order valence-corrected chi connectivity index (χ3v) is 6.27. The van der Waals surface area contributed by atoms with E-state index in [4.69, 9.17) is 0 Å². The van der Waals surface area contributed by atoms with E-state index in [0.29, 0.717) is 0 Å². The Morgan fingerprint density at radius 2 is 1.54 bits per heavy atom. The van der Waals surface area contributed by atoms with Crippen LogP contribution >= 0.6 is 7.92 Å². The second kappa shape index (κ2) is 2.96. The molecule has 2 aliphatic rings. The Morgan fingerprint density at radius 3 is 2.08 bits per heavy atom. The first kappa shape index (κ1) is 7.76. The summed E-state index contributed by atoms with van der Waals surface area (Å²) in [6.07, 6.45) is 7.77. The van der Waals surface area contributed by atoms with Crippen molar-refractivity contribution in [3.8, 4) is 0 Å². The van der Waals surface area contributed by atoms with E-state index in [1.54, 1.807) is 5.30 Å². The van der Waals surface area contributed by atoms with E-state index >= 15 is 0 Å². The minimum Gasteiger partial charge on any atom is -0.0801 e. The molecule has 0 nitrogen and oxygen atoms in total. The Bertz CT molecular complexity index is 314. The van der Waals surface area contributed by atoms with Gasteiger partial charge in [-0.15, -0.1) is 0 Å². The predicted molar refractivity (Wildman–Crippen MR) is 58.9 cm³/mol. The number of hydrogen-bond acceptors (Lipinski definition) is 0. The first-order chi connectivity index (χ1) is 6.45. The second-order valence-electron chi connectivity index (χ2n) is 3.84. The minimum atomic E-state index is 0.137. The van der Waals surface area contributed by atoms with Crippen LogP contribution in [0.15, 0.2) is 42.5 Å². The molecule has 0 amide bonds. The molecule has 66 valence electrons. The van der Waals surface area contributed by atoms with Crippen LogP contribution < -0.4 is 5.30 Å². The van der Waals surface area contributed by atoms with Gasteiger partial charge in [-0.3, -0.25) is 0 Å². The van der Waals surface area contributed by atoms with Crippen LogP contribution in [0.1, 0.15) is 12.8 Å². The largest absolute Gasteiger partial charge is 0.0801 e. The molecule has 2 bridgehead atoms. The topological polar surface area (TPSA) is 0 Å². The van der Waals surface area contributed by atoms with Crippen molar-refractivity contribution in [3.63, 3.8) is 0 Å². The van der Waals surface area contributed by atoms with E-state index in [1.165, 1.54) is 12.8 Å². The van der Waals surface area contributed by atoms with Crippen LogP contribution in [0.4, 0.5) is 0 Å². The highest BCUT2D eigenvalue weighted by Gasteiger charge is 2.37. The van der Waals surface area contributed by atoms with Crippen LogP contribution in [-0.4, -0.2) is 11.3 Å². The standard InChI is InChI=1S/C12H13P/c1-2-4-10(5-3-1)13-11-6-7-12(13)9-8-11/h1-7,11-12H,8-9H2/t11-,12+,13?. The molecule has 2 aliphatic heterocycles. The van der Waals surface area contributed by atoms with Gasteiger partial charge in [-0.2, -0.15) is 0 Å². The third kappa shape index (κ3) is 1.16. The average Bonchev–Trinajstić information content (AvgIpc) is 2.78. The summed E-state index contributed by atoms with van der Waals surface area (Å²) < 4.78 is 0. The van der Waals surface area contributed by atoms with Gasteiger partial charge < -0.3 is 0 Å². The Hall–Kier alpha value is -0.610. The Labute approximate surface area is 80.4 Å². The Kier molecular flexibility index (Phi) is 1.77. The van der Waals surface area contributed by atoms with E-state index in [9.17, 15) is 0 Å². The molecular weight excluding hydrogens is 175 g/mol. The predicted octanol–water partition coefficient (Wildman–Crippen LogP) is 2.89. The van der Waals surface area contributed by atoms with E-state index in [2.05, 4.69) is 42.5 Å². The van der Waals surface area contributed by atoms with Gasteiger partial charge in [0.2, 0.25) is 0 Å². The summed E-state index contributed by atoms with van der Waals surface area (Å²) in [6.45, 7) is 0. The monoisotopic (exact) mass is 188 g/mol. The molecule has 2 heterocycles. The SMILES string of the molecule is C1=C[C@H]2CC[C@@H]1P2c1ccccc1. The number of hydrogen-bond donors (Lipinski definition) is 0. The van der Waals surface area contributed by atoms with Gasteiger partial charge in [0, 0.05) is 11.3 Å². The lowest BCUT2D eigenvalue weighted by atomic mass is 10.1. The fourth-order valence-corrected chi connectivity index (χ4v) is 5.68. The number of fused-ring (bicyclic) bond motifs is 2. The van der Waals surface area contributed by atoms with Crippen LogP contribution in [0.25, 0.3) is 0 Å². The highest BCUT2D eigenvalue weighted by molar-refractivity contribution is 7.68. The summed E-state index contributed by atoms with van der Waals surface area (Å²) in [5.74, 6) is 0. The molecule has 1 saturated heterocycles. The normalized spacial score (nSPS) is 35.5. The van der Waals surface area contributed by atoms with Crippen LogP contribution in [0.5, 0.6) is 0 Å². The van der Waals surface area contributed by atoms with Crippen LogP contribution in [0.2, 0.25) is 0 Å². The van der Waals surface area contributed by atoms with Gasteiger partial charge in [0.1, 0.15) is 0 Å². The van der Waals surface area contributed by atoms with E-state index in [1.807, 2.05) is 0 Å². The van der Waals surface area contributed by atoms with Gasteiger partial charge in [0.15, 0.2) is 0 Å². The van der Waals surface area contributed by atoms with Gasteiger partial charge in [-0.1, -0.05) is 50.4 Å². The Balaban J connectivity index is 1.96.